The Balaban J connectivity index is 1.81. The number of nitrogens with zero attached hydrogens (tertiary/aromatic N) is 1. The normalized spacial score (nSPS) is 11.9. The fourth-order valence-corrected chi connectivity index (χ4v) is 3.80. The summed E-state index contributed by atoms with van der Waals surface area (Å²) in [4.78, 5) is 11.8. The predicted octanol–water partition coefficient (Wildman–Crippen LogP) is 4.05. The molecule has 29 heavy (non-hydrogen) atoms. The molecule has 3 rings (SSSR count). The number of hydrogen-bond donors (Lipinski definition) is 2. The van der Waals surface area contributed by atoms with E-state index in [1.54, 1.807) is 0 Å². The van der Waals surface area contributed by atoms with Crippen molar-refractivity contribution in [2.45, 2.75) is 18.0 Å². The third-order valence-electron chi connectivity index (χ3n) is 3.83. The zero-order chi connectivity index (χ0) is 21.2. The van der Waals surface area contributed by atoms with E-state index in [0.29, 0.717) is 11.8 Å². The van der Waals surface area contributed by atoms with Crippen LogP contribution < -0.4 is 10.0 Å². The van der Waals surface area contributed by atoms with Gasteiger partial charge in [0.2, 0.25) is 5.76 Å². The number of aryl methyl sites for hydroxylation is 1. The van der Waals surface area contributed by atoms with E-state index in [-0.39, 0.29) is 21.9 Å². The first-order valence-corrected chi connectivity index (χ1v) is 9.57. The van der Waals surface area contributed by atoms with E-state index in [4.69, 9.17) is 4.52 Å². The summed E-state index contributed by atoms with van der Waals surface area (Å²) in [6, 6.07) is 9.23. The van der Waals surface area contributed by atoms with Crippen LogP contribution in [0, 0.1) is 6.92 Å². The SMILES string of the molecule is Cc1cc(NC(=O)c2ccno2)ccc1S(=O)(=O)Nc1cccc(C(F)(F)F)c1. The van der Waals surface area contributed by atoms with E-state index < -0.39 is 27.7 Å². The number of sulfonamides is 1. The molecule has 0 fully saturated rings. The minimum Gasteiger partial charge on any atom is -0.351 e. The van der Waals surface area contributed by atoms with Crippen molar-refractivity contribution in [3.63, 3.8) is 0 Å². The van der Waals surface area contributed by atoms with Crippen molar-refractivity contribution < 1.29 is 30.9 Å². The first-order valence-electron chi connectivity index (χ1n) is 8.09. The predicted molar refractivity (Wildman–Crippen MR) is 97.9 cm³/mol. The maximum atomic E-state index is 12.8. The zero-order valence-corrected chi connectivity index (χ0v) is 15.6. The molecule has 0 spiro atoms. The number of anilines is 2. The molecule has 0 aliphatic heterocycles. The maximum Gasteiger partial charge on any atom is 0.416 e. The van der Waals surface area contributed by atoms with Crippen molar-refractivity contribution in [1.29, 1.82) is 0 Å². The molecular weight excluding hydrogens is 411 g/mol. The molecule has 11 heteroatoms. The van der Waals surface area contributed by atoms with Crippen LogP contribution >= 0.6 is 0 Å². The summed E-state index contributed by atoms with van der Waals surface area (Å²) in [6.45, 7) is 1.49. The molecular formula is C18H14F3N3O4S. The second-order valence-electron chi connectivity index (χ2n) is 6.00. The number of aromatic nitrogens is 1. The van der Waals surface area contributed by atoms with Gasteiger partial charge in [-0.05, 0) is 48.9 Å². The quantitative estimate of drug-likeness (QED) is 0.642. The van der Waals surface area contributed by atoms with Crippen LogP contribution in [-0.4, -0.2) is 19.5 Å². The monoisotopic (exact) mass is 425 g/mol. The Hall–Kier alpha value is -3.34. The number of rotatable bonds is 5. The van der Waals surface area contributed by atoms with E-state index in [1.807, 2.05) is 0 Å². The summed E-state index contributed by atoms with van der Waals surface area (Å²) in [6.07, 6.45) is -3.30. The molecule has 2 N–H and O–H groups in total. The van der Waals surface area contributed by atoms with Crippen molar-refractivity contribution in [2.75, 3.05) is 10.0 Å². The van der Waals surface area contributed by atoms with Gasteiger partial charge in [-0.3, -0.25) is 9.52 Å². The standard InChI is InChI=1S/C18H14F3N3O4S/c1-11-9-13(23-17(25)15-7-8-22-28-15)5-6-16(11)29(26,27)24-14-4-2-3-12(10-14)18(19,20)21/h2-10,24H,1H3,(H,23,25). The number of alkyl halides is 3. The minimum absolute atomic E-state index is 0.0226. The minimum atomic E-state index is -4.60. The highest BCUT2D eigenvalue weighted by molar-refractivity contribution is 7.92. The Bertz CT molecular complexity index is 1140. The van der Waals surface area contributed by atoms with Crippen molar-refractivity contribution >= 4 is 27.3 Å². The number of benzene rings is 2. The van der Waals surface area contributed by atoms with E-state index in [9.17, 15) is 26.4 Å². The molecule has 0 atom stereocenters. The Kier molecular flexibility index (Phi) is 5.33. The summed E-state index contributed by atoms with van der Waals surface area (Å²) >= 11 is 0. The zero-order valence-electron chi connectivity index (χ0n) is 14.8. The van der Waals surface area contributed by atoms with Crippen LogP contribution in [0.1, 0.15) is 21.7 Å². The van der Waals surface area contributed by atoms with Gasteiger partial charge in [-0.15, -0.1) is 0 Å². The van der Waals surface area contributed by atoms with Crippen molar-refractivity contribution in [3.8, 4) is 0 Å². The van der Waals surface area contributed by atoms with E-state index in [0.717, 1.165) is 12.1 Å². The summed E-state index contributed by atoms with van der Waals surface area (Å²) in [5.41, 5.74) is -0.608. The van der Waals surface area contributed by atoms with Gasteiger partial charge in [-0.1, -0.05) is 11.2 Å². The topological polar surface area (TPSA) is 101 Å². The van der Waals surface area contributed by atoms with E-state index in [2.05, 4.69) is 15.2 Å². The summed E-state index contributed by atoms with van der Waals surface area (Å²) < 4.78 is 70.5. The van der Waals surface area contributed by atoms with Crippen LogP contribution in [0.4, 0.5) is 24.5 Å². The van der Waals surface area contributed by atoms with Gasteiger partial charge in [0.1, 0.15) is 0 Å². The van der Waals surface area contributed by atoms with Gasteiger partial charge in [-0.2, -0.15) is 13.2 Å². The lowest BCUT2D eigenvalue weighted by molar-refractivity contribution is -0.137. The highest BCUT2D eigenvalue weighted by Gasteiger charge is 2.30. The van der Waals surface area contributed by atoms with Gasteiger partial charge in [0.05, 0.1) is 16.7 Å². The number of carbonyl (C=O) groups is 1. The van der Waals surface area contributed by atoms with Gasteiger partial charge >= 0.3 is 6.18 Å². The Morgan fingerprint density at radius 3 is 2.45 bits per heavy atom. The van der Waals surface area contributed by atoms with Gasteiger partial charge in [0.25, 0.3) is 15.9 Å². The van der Waals surface area contributed by atoms with E-state index in [1.165, 1.54) is 43.5 Å². The van der Waals surface area contributed by atoms with Crippen LogP contribution in [0.2, 0.25) is 0 Å². The largest absolute Gasteiger partial charge is 0.416 e. The summed E-state index contributed by atoms with van der Waals surface area (Å²) in [5.74, 6) is -0.592. The molecule has 0 bridgehead atoms. The van der Waals surface area contributed by atoms with Crippen LogP contribution in [0.25, 0.3) is 0 Å². The molecule has 2 aromatic carbocycles. The average molecular weight is 425 g/mol. The Labute approximate surface area is 163 Å². The lowest BCUT2D eigenvalue weighted by Crippen LogP contribution is -2.16. The molecule has 0 aliphatic rings. The summed E-state index contributed by atoms with van der Waals surface area (Å²) in [5, 5.41) is 5.94. The molecule has 0 saturated heterocycles. The fourth-order valence-electron chi connectivity index (χ4n) is 2.52. The van der Waals surface area contributed by atoms with Crippen LogP contribution in [0.3, 0.4) is 0 Å². The molecule has 152 valence electrons. The number of carbonyl (C=O) groups excluding carboxylic acids is 1. The third kappa shape index (κ3) is 4.74. The molecule has 0 aliphatic carbocycles. The van der Waals surface area contributed by atoms with Gasteiger partial charge < -0.3 is 9.84 Å². The van der Waals surface area contributed by atoms with Crippen LogP contribution in [-0.2, 0) is 16.2 Å². The molecule has 0 radical (unpaired) electrons. The second kappa shape index (κ2) is 7.59. The van der Waals surface area contributed by atoms with Gasteiger partial charge in [-0.25, -0.2) is 8.42 Å². The fraction of sp³-hybridized carbons (Fsp3) is 0.111. The summed E-state index contributed by atoms with van der Waals surface area (Å²) in [7, 11) is -4.15. The van der Waals surface area contributed by atoms with E-state index >= 15 is 0 Å². The average Bonchev–Trinajstić information content (AvgIpc) is 3.15. The lowest BCUT2D eigenvalue weighted by Gasteiger charge is -2.13. The third-order valence-corrected chi connectivity index (χ3v) is 5.37. The second-order valence-corrected chi connectivity index (χ2v) is 7.65. The lowest BCUT2D eigenvalue weighted by atomic mass is 10.2. The number of hydrogen-bond acceptors (Lipinski definition) is 5. The Morgan fingerprint density at radius 2 is 1.83 bits per heavy atom. The highest BCUT2D eigenvalue weighted by Crippen LogP contribution is 2.31. The highest BCUT2D eigenvalue weighted by atomic mass is 32.2. The molecule has 3 aromatic rings. The van der Waals surface area contributed by atoms with Crippen molar-refractivity contribution in [3.05, 3.63) is 71.6 Å². The molecule has 7 nitrogen and oxygen atoms in total. The molecule has 1 aromatic heterocycles. The number of halogens is 3. The van der Waals surface area contributed by atoms with Gasteiger partial charge in [0.15, 0.2) is 0 Å². The maximum absolute atomic E-state index is 12.8. The van der Waals surface area contributed by atoms with Crippen molar-refractivity contribution in [2.24, 2.45) is 0 Å². The smallest absolute Gasteiger partial charge is 0.351 e. The first kappa shape index (κ1) is 20.4. The molecule has 0 unspecified atom stereocenters. The Morgan fingerprint density at radius 1 is 1.07 bits per heavy atom. The molecule has 0 saturated carbocycles. The first-order chi connectivity index (χ1) is 13.6. The molecule has 1 heterocycles. The number of amides is 1. The van der Waals surface area contributed by atoms with Crippen molar-refractivity contribution in [1.82, 2.24) is 5.16 Å². The number of nitrogens with one attached hydrogen (secondary N) is 2. The van der Waals surface area contributed by atoms with Crippen LogP contribution in [0.5, 0.6) is 0 Å². The molecule has 1 amide bonds. The van der Waals surface area contributed by atoms with Gasteiger partial charge in [0, 0.05) is 17.4 Å². The van der Waals surface area contributed by atoms with Crippen LogP contribution in [0.15, 0.2) is 64.1 Å².